The van der Waals surface area contributed by atoms with E-state index in [-0.39, 0.29) is 13.2 Å². The SMILES string of the molecule is CCC(CCOCCO)(C(=O)O)c1ccccc1. The van der Waals surface area contributed by atoms with Crippen molar-refractivity contribution in [3.63, 3.8) is 0 Å². The van der Waals surface area contributed by atoms with Gasteiger partial charge in [-0.1, -0.05) is 37.3 Å². The van der Waals surface area contributed by atoms with Gasteiger partial charge in [0.05, 0.1) is 18.6 Å². The number of benzene rings is 1. The smallest absolute Gasteiger partial charge is 0.314 e. The van der Waals surface area contributed by atoms with Crippen molar-refractivity contribution in [2.24, 2.45) is 0 Å². The molecule has 1 unspecified atom stereocenters. The summed E-state index contributed by atoms with van der Waals surface area (Å²) in [6, 6.07) is 9.23. The van der Waals surface area contributed by atoms with E-state index >= 15 is 0 Å². The number of rotatable bonds is 8. The van der Waals surface area contributed by atoms with Gasteiger partial charge < -0.3 is 14.9 Å². The first kappa shape index (κ1) is 14.7. The van der Waals surface area contributed by atoms with Crippen molar-refractivity contribution in [2.75, 3.05) is 19.8 Å². The van der Waals surface area contributed by atoms with Crippen LogP contribution in [0.1, 0.15) is 25.3 Å². The van der Waals surface area contributed by atoms with E-state index in [2.05, 4.69) is 0 Å². The summed E-state index contributed by atoms with van der Waals surface area (Å²) in [5.74, 6) is -0.830. The second-order valence-electron chi connectivity index (χ2n) is 4.19. The normalized spacial score (nSPS) is 14.1. The summed E-state index contributed by atoms with van der Waals surface area (Å²) in [5, 5.41) is 18.2. The Bertz CT molecular complexity index is 363. The van der Waals surface area contributed by atoms with E-state index in [0.717, 1.165) is 5.56 Å². The summed E-state index contributed by atoms with van der Waals surface area (Å²) in [6.45, 7) is 2.40. The van der Waals surface area contributed by atoms with E-state index in [1.807, 2.05) is 37.3 Å². The third-order valence-corrected chi connectivity index (χ3v) is 3.25. The van der Waals surface area contributed by atoms with Gasteiger partial charge in [0.1, 0.15) is 0 Å². The van der Waals surface area contributed by atoms with Crippen LogP contribution >= 0.6 is 0 Å². The van der Waals surface area contributed by atoms with Gasteiger partial charge in [0.25, 0.3) is 0 Å². The Morgan fingerprint density at radius 1 is 1.28 bits per heavy atom. The number of carboxylic acid groups (broad SMARTS) is 1. The highest BCUT2D eigenvalue weighted by molar-refractivity contribution is 5.81. The molecule has 0 aromatic heterocycles. The number of hydrogen-bond donors (Lipinski definition) is 2. The first-order chi connectivity index (χ1) is 8.67. The molecule has 4 heteroatoms. The fraction of sp³-hybridized carbons (Fsp3) is 0.500. The molecule has 2 N–H and O–H groups in total. The quantitative estimate of drug-likeness (QED) is 0.692. The molecule has 4 nitrogen and oxygen atoms in total. The topological polar surface area (TPSA) is 66.8 Å². The lowest BCUT2D eigenvalue weighted by Gasteiger charge is -2.28. The van der Waals surface area contributed by atoms with Gasteiger partial charge in [-0.25, -0.2) is 0 Å². The number of aliphatic hydroxyl groups is 1. The summed E-state index contributed by atoms with van der Waals surface area (Å²) in [4.78, 5) is 11.6. The second kappa shape index (κ2) is 7.13. The van der Waals surface area contributed by atoms with Gasteiger partial charge in [0, 0.05) is 6.61 Å². The molecule has 100 valence electrons. The molecule has 0 aliphatic rings. The number of carbonyl (C=O) groups is 1. The second-order valence-corrected chi connectivity index (χ2v) is 4.19. The van der Waals surface area contributed by atoms with Crippen LogP contribution < -0.4 is 0 Å². The fourth-order valence-electron chi connectivity index (χ4n) is 2.08. The van der Waals surface area contributed by atoms with Crippen LogP contribution in [0.2, 0.25) is 0 Å². The molecular formula is C14H20O4. The van der Waals surface area contributed by atoms with E-state index in [1.54, 1.807) is 0 Å². The summed E-state index contributed by atoms with van der Waals surface area (Å²) >= 11 is 0. The van der Waals surface area contributed by atoms with Gasteiger partial charge in [-0.2, -0.15) is 0 Å². The van der Waals surface area contributed by atoms with Crippen molar-refractivity contribution in [3.05, 3.63) is 35.9 Å². The standard InChI is InChI=1S/C14H20O4/c1-2-14(13(16)17,8-10-18-11-9-15)12-6-4-3-5-7-12/h3-7,15H,2,8-11H2,1H3,(H,16,17). The maximum absolute atomic E-state index is 11.6. The zero-order valence-corrected chi connectivity index (χ0v) is 10.6. The lowest BCUT2D eigenvalue weighted by atomic mass is 9.75. The summed E-state index contributed by atoms with van der Waals surface area (Å²) in [5.41, 5.74) is -0.107. The molecular weight excluding hydrogens is 232 g/mol. The van der Waals surface area contributed by atoms with E-state index in [0.29, 0.717) is 19.4 Å². The highest BCUT2D eigenvalue weighted by Gasteiger charge is 2.38. The van der Waals surface area contributed by atoms with Crippen LogP contribution in [0.5, 0.6) is 0 Å². The summed E-state index contributed by atoms with van der Waals surface area (Å²) < 4.78 is 5.20. The number of aliphatic carboxylic acids is 1. The third-order valence-electron chi connectivity index (χ3n) is 3.25. The predicted molar refractivity (Wildman–Crippen MR) is 68.6 cm³/mol. The van der Waals surface area contributed by atoms with Gasteiger partial charge in [-0.05, 0) is 18.4 Å². The Labute approximate surface area is 107 Å². The van der Waals surface area contributed by atoms with Gasteiger partial charge in [0.15, 0.2) is 0 Å². The zero-order chi connectivity index (χ0) is 13.4. The van der Waals surface area contributed by atoms with Gasteiger partial charge in [-0.15, -0.1) is 0 Å². The molecule has 0 heterocycles. The van der Waals surface area contributed by atoms with Crippen LogP contribution in [0.15, 0.2) is 30.3 Å². The number of hydrogen-bond acceptors (Lipinski definition) is 3. The minimum atomic E-state index is -0.906. The minimum absolute atomic E-state index is 0.0441. The number of carboxylic acids is 1. The lowest BCUT2D eigenvalue weighted by molar-refractivity contribution is -0.145. The summed E-state index contributed by atoms with van der Waals surface area (Å²) in [7, 11) is 0. The highest BCUT2D eigenvalue weighted by atomic mass is 16.5. The Morgan fingerprint density at radius 2 is 1.94 bits per heavy atom. The first-order valence-electron chi connectivity index (χ1n) is 6.15. The van der Waals surface area contributed by atoms with Crippen LogP contribution in [0.3, 0.4) is 0 Å². The van der Waals surface area contributed by atoms with E-state index in [1.165, 1.54) is 0 Å². The summed E-state index contributed by atoms with van der Waals surface area (Å²) in [6.07, 6.45) is 0.914. The molecule has 0 amide bonds. The van der Waals surface area contributed by atoms with Crippen molar-refractivity contribution < 1.29 is 19.7 Å². The largest absolute Gasteiger partial charge is 0.481 e. The van der Waals surface area contributed by atoms with Crippen molar-refractivity contribution >= 4 is 5.97 Å². The molecule has 0 fully saturated rings. The van der Waals surface area contributed by atoms with Crippen LogP contribution in [0, 0.1) is 0 Å². The Kier molecular flexibility index (Phi) is 5.82. The van der Waals surface area contributed by atoms with Gasteiger partial charge in [-0.3, -0.25) is 4.79 Å². The predicted octanol–water partition coefficient (Wildman–Crippen LogP) is 1.82. The zero-order valence-electron chi connectivity index (χ0n) is 10.6. The van der Waals surface area contributed by atoms with Gasteiger partial charge in [0.2, 0.25) is 0 Å². The maximum atomic E-state index is 11.6. The Balaban J connectivity index is 2.85. The molecule has 1 rings (SSSR count). The van der Waals surface area contributed by atoms with Crippen LogP contribution in [0.4, 0.5) is 0 Å². The van der Waals surface area contributed by atoms with Crippen molar-refractivity contribution in [3.8, 4) is 0 Å². The molecule has 18 heavy (non-hydrogen) atoms. The molecule has 0 aliphatic carbocycles. The van der Waals surface area contributed by atoms with Crippen molar-refractivity contribution in [1.29, 1.82) is 0 Å². The highest BCUT2D eigenvalue weighted by Crippen LogP contribution is 2.32. The molecule has 1 atom stereocenters. The Hall–Kier alpha value is -1.39. The molecule has 0 saturated carbocycles. The molecule has 1 aromatic carbocycles. The lowest BCUT2D eigenvalue weighted by Crippen LogP contribution is -2.36. The van der Waals surface area contributed by atoms with E-state index in [9.17, 15) is 9.90 Å². The molecule has 0 radical (unpaired) electrons. The Morgan fingerprint density at radius 3 is 2.44 bits per heavy atom. The van der Waals surface area contributed by atoms with Crippen molar-refractivity contribution in [1.82, 2.24) is 0 Å². The molecule has 0 aliphatic heterocycles. The number of aliphatic hydroxyl groups excluding tert-OH is 1. The first-order valence-corrected chi connectivity index (χ1v) is 6.15. The molecule has 0 spiro atoms. The average Bonchev–Trinajstić information content (AvgIpc) is 2.40. The monoisotopic (exact) mass is 252 g/mol. The molecule has 1 aromatic rings. The average molecular weight is 252 g/mol. The van der Waals surface area contributed by atoms with E-state index in [4.69, 9.17) is 9.84 Å². The van der Waals surface area contributed by atoms with Crippen LogP contribution in [-0.4, -0.2) is 36.0 Å². The molecule has 0 saturated heterocycles. The maximum Gasteiger partial charge on any atom is 0.314 e. The minimum Gasteiger partial charge on any atom is -0.481 e. The van der Waals surface area contributed by atoms with Crippen molar-refractivity contribution in [2.45, 2.75) is 25.2 Å². The van der Waals surface area contributed by atoms with Crippen LogP contribution in [0.25, 0.3) is 0 Å². The number of ether oxygens (including phenoxy) is 1. The van der Waals surface area contributed by atoms with Gasteiger partial charge >= 0.3 is 5.97 Å². The van der Waals surface area contributed by atoms with Crippen LogP contribution in [-0.2, 0) is 14.9 Å². The third kappa shape index (κ3) is 3.31. The van der Waals surface area contributed by atoms with E-state index < -0.39 is 11.4 Å². The fourth-order valence-corrected chi connectivity index (χ4v) is 2.08. The molecule has 0 bridgehead atoms.